The van der Waals surface area contributed by atoms with Crippen molar-refractivity contribution < 1.29 is 9.53 Å². The molecule has 2 heterocycles. The molecule has 9 heteroatoms. The number of anilines is 1. The van der Waals surface area contributed by atoms with Gasteiger partial charge in [0.15, 0.2) is 12.6 Å². The Labute approximate surface area is 182 Å². The topological polar surface area (TPSA) is 83.8 Å². The van der Waals surface area contributed by atoms with Crippen LogP contribution in [0.2, 0.25) is 0 Å². The molecule has 0 atom stereocenters. The van der Waals surface area contributed by atoms with Gasteiger partial charge in [-0.1, -0.05) is 12.1 Å². The first-order valence-corrected chi connectivity index (χ1v) is 9.20. The van der Waals surface area contributed by atoms with Gasteiger partial charge in [-0.05, 0) is 31.5 Å². The third kappa shape index (κ3) is 5.60. The monoisotopic (exact) mass is 498 g/mol. The second-order valence-electron chi connectivity index (χ2n) is 6.22. The van der Waals surface area contributed by atoms with E-state index in [1.165, 1.54) is 0 Å². The van der Waals surface area contributed by atoms with E-state index in [0.717, 1.165) is 36.1 Å². The highest BCUT2D eigenvalue weighted by molar-refractivity contribution is 14.0. The maximum atomic E-state index is 12.2. The molecule has 0 unspecified atom stereocenters. The number of aromatic nitrogens is 2. The van der Waals surface area contributed by atoms with Crippen LogP contribution in [0.15, 0.2) is 41.5 Å². The molecule has 1 aliphatic heterocycles. The molecule has 8 nitrogen and oxygen atoms in total. The van der Waals surface area contributed by atoms with Crippen LogP contribution in [0, 0.1) is 0 Å². The van der Waals surface area contributed by atoms with Gasteiger partial charge in [0.25, 0.3) is 5.91 Å². The Hall–Kier alpha value is -2.30. The molecule has 1 aromatic carbocycles. The van der Waals surface area contributed by atoms with Crippen molar-refractivity contribution >= 4 is 41.5 Å². The molecule has 0 saturated carbocycles. The highest BCUT2D eigenvalue weighted by Crippen LogP contribution is 2.31. The average Bonchev–Trinajstić information content (AvgIpc) is 3.09. The molecule has 0 fully saturated rings. The summed E-state index contributed by atoms with van der Waals surface area (Å²) in [6.07, 6.45) is 2.57. The van der Waals surface area contributed by atoms with Crippen LogP contribution in [0.4, 0.5) is 5.69 Å². The van der Waals surface area contributed by atoms with E-state index in [9.17, 15) is 4.79 Å². The summed E-state index contributed by atoms with van der Waals surface area (Å²) in [5.41, 5.74) is 1.88. The Bertz CT molecular complexity index is 807. The number of halogens is 1. The minimum atomic E-state index is -0.00881. The second-order valence-corrected chi connectivity index (χ2v) is 6.22. The van der Waals surface area contributed by atoms with Crippen LogP contribution in [-0.2, 0) is 18.4 Å². The number of aryl methyl sites for hydroxylation is 1. The summed E-state index contributed by atoms with van der Waals surface area (Å²) in [5, 5.41) is 10.7. The van der Waals surface area contributed by atoms with Gasteiger partial charge < -0.3 is 20.3 Å². The van der Waals surface area contributed by atoms with Crippen LogP contribution in [0.25, 0.3) is 0 Å². The van der Waals surface area contributed by atoms with Crippen LogP contribution in [0.1, 0.15) is 19.0 Å². The van der Waals surface area contributed by atoms with Crippen LogP contribution >= 0.6 is 24.0 Å². The highest BCUT2D eigenvalue weighted by atomic mass is 127. The molecule has 3 rings (SSSR count). The van der Waals surface area contributed by atoms with Crippen molar-refractivity contribution in [3.05, 3.63) is 42.2 Å². The minimum absolute atomic E-state index is 0. The molecule has 1 aromatic heterocycles. The van der Waals surface area contributed by atoms with E-state index in [-0.39, 0.29) is 36.5 Å². The lowest BCUT2D eigenvalue weighted by Gasteiger charge is -2.29. The second kappa shape index (κ2) is 10.9. The predicted molar refractivity (Wildman–Crippen MR) is 120 cm³/mol. The van der Waals surface area contributed by atoms with Crippen molar-refractivity contribution in [2.45, 2.75) is 19.9 Å². The summed E-state index contributed by atoms with van der Waals surface area (Å²) in [6.45, 7) is 4.81. The third-order valence-electron chi connectivity index (χ3n) is 4.33. The fraction of sp³-hybridized carbons (Fsp3) is 0.421. The molecule has 0 radical (unpaired) electrons. The van der Waals surface area contributed by atoms with Crippen molar-refractivity contribution in [1.82, 2.24) is 20.4 Å². The van der Waals surface area contributed by atoms with Crippen LogP contribution in [0.3, 0.4) is 0 Å². The standard InChI is InChI=1S/C19H26N6O2.HI/c1-3-20-19(22-13-15-9-11-23-24(15)2)21-10-6-12-25-16-7-4-5-8-17(16)27-14-18(25)26;/h4-5,7-9,11H,3,6,10,12-14H2,1-2H3,(H2,20,21,22);1H. The van der Waals surface area contributed by atoms with Gasteiger partial charge in [-0.3, -0.25) is 9.48 Å². The van der Waals surface area contributed by atoms with Gasteiger partial charge in [0.05, 0.1) is 17.9 Å². The normalized spacial score (nSPS) is 13.4. The van der Waals surface area contributed by atoms with Crippen molar-refractivity contribution in [3.63, 3.8) is 0 Å². The Balaban J connectivity index is 0.00000280. The number of benzene rings is 1. The lowest BCUT2D eigenvalue weighted by atomic mass is 10.2. The molecule has 0 saturated heterocycles. The Morgan fingerprint density at radius 2 is 2.11 bits per heavy atom. The molecule has 2 aromatic rings. The number of ether oxygens (including phenoxy) is 1. The summed E-state index contributed by atoms with van der Waals surface area (Å²) in [6, 6.07) is 9.59. The lowest BCUT2D eigenvalue weighted by Crippen LogP contribution is -2.42. The van der Waals surface area contributed by atoms with E-state index in [4.69, 9.17) is 4.74 Å². The molecule has 28 heavy (non-hydrogen) atoms. The van der Waals surface area contributed by atoms with E-state index in [1.807, 2.05) is 49.0 Å². The number of hydrogen-bond acceptors (Lipinski definition) is 4. The Morgan fingerprint density at radius 1 is 1.29 bits per heavy atom. The van der Waals surface area contributed by atoms with Gasteiger partial charge in [-0.15, -0.1) is 24.0 Å². The number of guanidine groups is 1. The fourth-order valence-corrected chi connectivity index (χ4v) is 2.90. The van der Waals surface area contributed by atoms with E-state index >= 15 is 0 Å². The van der Waals surface area contributed by atoms with Crippen molar-refractivity contribution in [2.24, 2.45) is 12.0 Å². The summed E-state index contributed by atoms with van der Waals surface area (Å²) in [7, 11) is 1.91. The fourth-order valence-electron chi connectivity index (χ4n) is 2.90. The van der Waals surface area contributed by atoms with E-state index in [1.54, 1.807) is 11.1 Å². The van der Waals surface area contributed by atoms with Crippen LogP contribution in [0.5, 0.6) is 5.75 Å². The number of nitrogens with one attached hydrogen (secondary N) is 2. The molecule has 152 valence electrons. The molecule has 0 spiro atoms. The number of aliphatic imine (C=N–C) groups is 1. The maximum Gasteiger partial charge on any atom is 0.265 e. The SMILES string of the molecule is CCNC(=NCc1ccnn1C)NCCCN1C(=O)COc2ccccc21.I. The number of rotatable bonds is 7. The summed E-state index contributed by atoms with van der Waals surface area (Å²) >= 11 is 0. The number of hydrogen-bond donors (Lipinski definition) is 2. The average molecular weight is 498 g/mol. The smallest absolute Gasteiger partial charge is 0.265 e. The predicted octanol–water partition coefficient (Wildman–Crippen LogP) is 1.91. The third-order valence-corrected chi connectivity index (χ3v) is 4.33. The van der Waals surface area contributed by atoms with E-state index < -0.39 is 0 Å². The highest BCUT2D eigenvalue weighted by Gasteiger charge is 2.24. The number of para-hydroxylation sites is 2. The first-order chi connectivity index (χ1) is 13.2. The molecular formula is C19H27IN6O2. The zero-order valence-corrected chi connectivity index (χ0v) is 18.6. The first-order valence-electron chi connectivity index (χ1n) is 9.20. The summed E-state index contributed by atoms with van der Waals surface area (Å²) in [4.78, 5) is 18.6. The number of carbonyl (C=O) groups is 1. The molecule has 0 bridgehead atoms. The van der Waals surface area contributed by atoms with Gasteiger partial charge in [-0.2, -0.15) is 5.10 Å². The molecule has 1 amide bonds. The van der Waals surface area contributed by atoms with Crippen LogP contribution in [-0.4, -0.2) is 47.9 Å². The van der Waals surface area contributed by atoms with Gasteiger partial charge in [-0.25, -0.2) is 4.99 Å². The molecule has 1 aliphatic rings. The van der Waals surface area contributed by atoms with Gasteiger partial charge >= 0.3 is 0 Å². The van der Waals surface area contributed by atoms with E-state index in [0.29, 0.717) is 19.6 Å². The van der Waals surface area contributed by atoms with Gasteiger partial charge in [0.1, 0.15) is 5.75 Å². The Kier molecular flexibility index (Phi) is 8.55. The number of carbonyl (C=O) groups excluding carboxylic acids is 1. The van der Waals surface area contributed by atoms with Crippen molar-refractivity contribution in [1.29, 1.82) is 0 Å². The molecule has 0 aliphatic carbocycles. The van der Waals surface area contributed by atoms with Crippen molar-refractivity contribution in [2.75, 3.05) is 31.1 Å². The lowest BCUT2D eigenvalue weighted by molar-refractivity contribution is -0.121. The zero-order chi connectivity index (χ0) is 19.1. The van der Waals surface area contributed by atoms with Crippen LogP contribution < -0.4 is 20.3 Å². The van der Waals surface area contributed by atoms with E-state index in [2.05, 4.69) is 20.7 Å². The largest absolute Gasteiger partial charge is 0.482 e. The first kappa shape index (κ1) is 22.0. The summed E-state index contributed by atoms with van der Waals surface area (Å²) < 4.78 is 7.29. The minimum Gasteiger partial charge on any atom is -0.482 e. The number of nitrogens with zero attached hydrogens (tertiary/aromatic N) is 4. The zero-order valence-electron chi connectivity index (χ0n) is 16.2. The number of amides is 1. The molecular weight excluding hydrogens is 471 g/mol. The molecule has 2 N–H and O–H groups in total. The maximum absolute atomic E-state index is 12.2. The number of fused-ring (bicyclic) bond motifs is 1. The van der Waals surface area contributed by atoms with Gasteiger partial charge in [0.2, 0.25) is 0 Å². The van der Waals surface area contributed by atoms with Gasteiger partial charge in [0, 0.05) is 32.9 Å². The van der Waals surface area contributed by atoms with Crippen molar-refractivity contribution in [3.8, 4) is 5.75 Å². The quantitative estimate of drug-likeness (QED) is 0.264. The Morgan fingerprint density at radius 3 is 2.86 bits per heavy atom. The summed E-state index contributed by atoms with van der Waals surface area (Å²) in [5.74, 6) is 1.51.